The fraction of sp³-hybridized carbons (Fsp3) is 0.562. The number of carbonyl (C=O) groups excluding carboxylic acids is 1. The summed E-state index contributed by atoms with van der Waals surface area (Å²) in [5, 5.41) is 6.31. The molecule has 0 spiro atoms. The Balaban J connectivity index is 2.63. The topological polar surface area (TPSA) is 50.4 Å². The second-order valence-corrected chi connectivity index (χ2v) is 4.95. The molecular formula is C16H26N2O2. The SMILES string of the molecule is CCNCC(C)C(=O)NC(CC)c1ccc(OC)cc1. The van der Waals surface area contributed by atoms with Crippen molar-refractivity contribution in [2.75, 3.05) is 20.2 Å². The van der Waals surface area contributed by atoms with Crippen molar-refractivity contribution >= 4 is 5.91 Å². The van der Waals surface area contributed by atoms with Gasteiger partial charge in [0.25, 0.3) is 0 Å². The molecular weight excluding hydrogens is 252 g/mol. The maximum absolute atomic E-state index is 12.1. The molecule has 0 aliphatic carbocycles. The number of hydrogen-bond acceptors (Lipinski definition) is 3. The molecule has 0 aliphatic heterocycles. The van der Waals surface area contributed by atoms with E-state index in [1.54, 1.807) is 7.11 Å². The van der Waals surface area contributed by atoms with Crippen molar-refractivity contribution < 1.29 is 9.53 Å². The summed E-state index contributed by atoms with van der Waals surface area (Å²) in [7, 11) is 1.65. The second kappa shape index (κ2) is 8.59. The van der Waals surface area contributed by atoms with E-state index in [-0.39, 0.29) is 17.9 Å². The van der Waals surface area contributed by atoms with E-state index in [1.165, 1.54) is 0 Å². The molecule has 1 aromatic carbocycles. The van der Waals surface area contributed by atoms with E-state index >= 15 is 0 Å². The van der Waals surface area contributed by atoms with Crippen LogP contribution in [-0.2, 0) is 4.79 Å². The minimum absolute atomic E-state index is 0.0257. The first kappa shape index (κ1) is 16.5. The molecule has 0 aliphatic rings. The van der Waals surface area contributed by atoms with Crippen LogP contribution >= 0.6 is 0 Å². The smallest absolute Gasteiger partial charge is 0.224 e. The van der Waals surface area contributed by atoms with Gasteiger partial charge in [-0.25, -0.2) is 0 Å². The van der Waals surface area contributed by atoms with Crippen molar-refractivity contribution in [3.05, 3.63) is 29.8 Å². The molecule has 0 radical (unpaired) electrons. The van der Waals surface area contributed by atoms with Crippen molar-refractivity contribution in [2.45, 2.75) is 33.2 Å². The molecule has 4 heteroatoms. The third kappa shape index (κ3) is 4.85. The molecule has 20 heavy (non-hydrogen) atoms. The predicted molar refractivity (Wildman–Crippen MR) is 81.9 cm³/mol. The molecule has 0 fully saturated rings. The zero-order valence-corrected chi connectivity index (χ0v) is 12.9. The minimum atomic E-state index is -0.0257. The highest BCUT2D eigenvalue weighted by atomic mass is 16.5. The Hall–Kier alpha value is -1.55. The Bertz CT molecular complexity index is 403. The molecule has 0 aromatic heterocycles. The highest BCUT2D eigenvalue weighted by molar-refractivity contribution is 5.79. The Morgan fingerprint density at radius 2 is 1.90 bits per heavy atom. The molecule has 0 saturated carbocycles. The van der Waals surface area contributed by atoms with Gasteiger partial charge in [0.1, 0.15) is 5.75 Å². The van der Waals surface area contributed by atoms with Gasteiger partial charge in [-0.3, -0.25) is 4.79 Å². The second-order valence-electron chi connectivity index (χ2n) is 4.95. The minimum Gasteiger partial charge on any atom is -0.497 e. The summed E-state index contributed by atoms with van der Waals surface area (Å²) < 4.78 is 5.15. The van der Waals surface area contributed by atoms with Crippen molar-refractivity contribution in [3.8, 4) is 5.75 Å². The standard InChI is InChI=1S/C16H26N2O2/c1-5-15(13-7-9-14(20-4)10-8-13)18-16(19)12(3)11-17-6-2/h7-10,12,15,17H,5-6,11H2,1-4H3,(H,18,19). The van der Waals surface area contributed by atoms with Crippen LogP contribution in [-0.4, -0.2) is 26.1 Å². The number of hydrogen-bond donors (Lipinski definition) is 2. The lowest BCUT2D eigenvalue weighted by Gasteiger charge is -2.20. The number of methoxy groups -OCH3 is 1. The highest BCUT2D eigenvalue weighted by Gasteiger charge is 2.17. The van der Waals surface area contributed by atoms with E-state index in [4.69, 9.17) is 4.74 Å². The molecule has 112 valence electrons. The van der Waals surface area contributed by atoms with Crippen molar-refractivity contribution in [3.63, 3.8) is 0 Å². The fourth-order valence-electron chi connectivity index (χ4n) is 2.02. The average molecular weight is 278 g/mol. The molecule has 1 aromatic rings. The average Bonchev–Trinajstić information content (AvgIpc) is 2.50. The Morgan fingerprint density at radius 1 is 1.25 bits per heavy atom. The van der Waals surface area contributed by atoms with Crippen LogP contribution in [0.25, 0.3) is 0 Å². The van der Waals surface area contributed by atoms with E-state index in [0.29, 0.717) is 6.54 Å². The monoisotopic (exact) mass is 278 g/mol. The Morgan fingerprint density at radius 3 is 2.40 bits per heavy atom. The molecule has 4 nitrogen and oxygen atoms in total. The van der Waals surface area contributed by atoms with Crippen LogP contribution in [0.5, 0.6) is 5.75 Å². The fourth-order valence-corrected chi connectivity index (χ4v) is 2.02. The number of rotatable bonds is 8. The van der Waals surface area contributed by atoms with Gasteiger partial charge in [0, 0.05) is 12.5 Å². The number of carbonyl (C=O) groups is 1. The van der Waals surface area contributed by atoms with Gasteiger partial charge in [-0.2, -0.15) is 0 Å². The van der Waals surface area contributed by atoms with Gasteiger partial charge in [-0.1, -0.05) is 32.9 Å². The maximum Gasteiger partial charge on any atom is 0.224 e. The van der Waals surface area contributed by atoms with Gasteiger partial charge in [0.2, 0.25) is 5.91 Å². The number of ether oxygens (including phenoxy) is 1. The quantitative estimate of drug-likeness (QED) is 0.768. The van der Waals surface area contributed by atoms with Crippen LogP contribution < -0.4 is 15.4 Å². The molecule has 2 N–H and O–H groups in total. The van der Waals surface area contributed by atoms with E-state index in [1.807, 2.05) is 38.1 Å². The lowest BCUT2D eigenvalue weighted by molar-refractivity contribution is -0.125. The number of nitrogens with one attached hydrogen (secondary N) is 2. The van der Waals surface area contributed by atoms with E-state index < -0.39 is 0 Å². The third-order valence-electron chi connectivity index (χ3n) is 3.39. The summed E-state index contributed by atoms with van der Waals surface area (Å²) in [5.41, 5.74) is 1.11. The lowest BCUT2D eigenvalue weighted by Crippen LogP contribution is -2.37. The van der Waals surface area contributed by atoms with E-state index in [9.17, 15) is 4.79 Å². The van der Waals surface area contributed by atoms with Crippen LogP contribution in [0.3, 0.4) is 0 Å². The van der Waals surface area contributed by atoms with Crippen molar-refractivity contribution in [1.82, 2.24) is 10.6 Å². The van der Waals surface area contributed by atoms with Gasteiger partial charge in [-0.15, -0.1) is 0 Å². The van der Waals surface area contributed by atoms with Gasteiger partial charge in [0.05, 0.1) is 13.2 Å². The summed E-state index contributed by atoms with van der Waals surface area (Å²) in [6.07, 6.45) is 0.867. The Labute approximate surface area is 121 Å². The predicted octanol–water partition coefficient (Wildman–Crippen LogP) is 2.51. The van der Waals surface area contributed by atoms with Crippen LogP contribution in [0.15, 0.2) is 24.3 Å². The number of amides is 1. The van der Waals surface area contributed by atoms with Crippen molar-refractivity contribution in [2.24, 2.45) is 5.92 Å². The van der Waals surface area contributed by atoms with Gasteiger partial charge >= 0.3 is 0 Å². The van der Waals surface area contributed by atoms with Crippen LogP contribution in [0.2, 0.25) is 0 Å². The first-order chi connectivity index (χ1) is 9.62. The highest BCUT2D eigenvalue weighted by Crippen LogP contribution is 2.20. The normalized spacial score (nSPS) is 13.6. The van der Waals surface area contributed by atoms with Crippen LogP contribution in [0, 0.1) is 5.92 Å². The van der Waals surface area contributed by atoms with E-state index in [0.717, 1.165) is 24.3 Å². The van der Waals surface area contributed by atoms with E-state index in [2.05, 4.69) is 17.6 Å². The summed E-state index contributed by atoms with van der Waals surface area (Å²) in [6.45, 7) is 7.65. The maximum atomic E-state index is 12.1. The van der Waals surface area contributed by atoms with Gasteiger partial charge < -0.3 is 15.4 Å². The number of benzene rings is 1. The first-order valence-electron chi connectivity index (χ1n) is 7.27. The molecule has 2 atom stereocenters. The zero-order valence-electron chi connectivity index (χ0n) is 12.9. The summed E-state index contributed by atoms with van der Waals surface area (Å²) in [6, 6.07) is 7.90. The van der Waals surface area contributed by atoms with Crippen LogP contribution in [0.4, 0.5) is 0 Å². The van der Waals surface area contributed by atoms with Crippen LogP contribution in [0.1, 0.15) is 38.8 Å². The summed E-state index contributed by atoms with van der Waals surface area (Å²) in [4.78, 5) is 12.1. The molecule has 2 unspecified atom stereocenters. The zero-order chi connectivity index (χ0) is 15.0. The Kier molecular flexibility index (Phi) is 7.09. The summed E-state index contributed by atoms with van der Waals surface area (Å²) >= 11 is 0. The van der Waals surface area contributed by atoms with Gasteiger partial charge in [0.15, 0.2) is 0 Å². The summed E-state index contributed by atoms with van der Waals surface area (Å²) in [5.74, 6) is 0.895. The van der Waals surface area contributed by atoms with Crippen molar-refractivity contribution in [1.29, 1.82) is 0 Å². The van der Waals surface area contributed by atoms with Gasteiger partial charge in [-0.05, 0) is 30.7 Å². The largest absolute Gasteiger partial charge is 0.497 e. The third-order valence-corrected chi connectivity index (χ3v) is 3.39. The first-order valence-corrected chi connectivity index (χ1v) is 7.27. The lowest BCUT2D eigenvalue weighted by atomic mass is 10.0. The molecule has 1 rings (SSSR count). The molecule has 0 bridgehead atoms. The molecule has 1 amide bonds. The molecule has 0 heterocycles. The molecule has 0 saturated heterocycles.